The van der Waals surface area contributed by atoms with Crippen molar-refractivity contribution in [2.75, 3.05) is 26.2 Å². The number of nitrogens with zero attached hydrogens (tertiary/aromatic N) is 1. The lowest BCUT2D eigenvalue weighted by atomic mass is 9.93. The Labute approximate surface area is 105 Å². The van der Waals surface area contributed by atoms with Crippen molar-refractivity contribution in [3.8, 4) is 0 Å². The Balaban J connectivity index is 1.81. The van der Waals surface area contributed by atoms with E-state index in [1.54, 1.807) is 0 Å². The van der Waals surface area contributed by atoms with Crippen LogP contribution >= 0.6 is 0 Å². The summed E-state index contributed by atoms with van der Waals surface area (Å²) in [6.07, 6.45) is 8.20. The maximum atomic E-state index is 10.1. The standard InChI is InChI=1S/C14H27NO2/c16-11-12-5-4-8-15(9-12)10-13-6-2-1-3-7-14(13)17/h12-14,16-17H,1-11H2. The predicted octanol–water partition coefficient (Wildman–Crippen LogP) is 1.63. The molecular weight excluding hydrogens is 214 g/mol. The lowest BCUT2D eigenvalue weighted by Gasteiger charge is -2.35. The lowest BCUT2D eigenvalue weighted by molar-refractivity contribution is 0.0512. The van der Waals surface area contributed by atoms with Crippen molar-refractivity contribution in [1.82, 2.24) is 4.90 Å². The highest BCUT2D eigenvalue weighted by Crippen LogP contribution is 2.26. The summed E-state index contributed by atoms with van der Waals surface area (Å²) in [4.78, 5) is 2.46. The Morgan fingerprint density at radius 3 is 2.65 bits per heavy atom. The molecule has 0 bridgehead atoms. The molecule has 1 saturated carbocycles. The van der Waals surface area contributed by atoms with Crippen molar-refractivity contribution >= 4 is 0 Å². The summed E-state index contributed by atoms with van der Waals surface area (Å²) in [6.45, 7) is 3.54. The van der Waals surface area contributed by atoms with Gasteiger partial charge in [0.25, 0.3) is 0 Å². The van der Waals surface area contributed by atoms with E-state index in [2.05, 4.69) is 4.90 Å². The molecule has 3 nitrogen and oxygen atoms in total. The van der Waals surface area contributed by atoms with Gasteiger partial charge in [0, 0.05) is 19.7 Å². The zero-order chi connectivity index (χ0) is 12.1. The number of hydrogen-bond donors (Lipinski definition) is 2. The first kappa shape index (κ1) is 13.3. The van der Waals surface area contributed by atoms with E-state index in [9.17, 15) is 10.2 Å². The fourth-order valence-corrected chi connectivity index (χ4v) is 3.38. The molecule has 1 aliphatic carbocycles. The third-order valence-corrected chi connectivity index (χ3v) is 4.47. The maximum Gasteiger partial charge on any atom is 0.0580 e. The molecule has 0 amide bonds. The van der Waals surface area contributed by atoms with Gasteiger partial charge in [-0.05, 0) is 44.1 Å². The van der Waals surface area contributed by atoms with Crippen LogP contribution < -0.4 is 0 Å². The van der Waals surface area contributed by atoms with Gasteiger partial charge in [-0.15, -0.1) is 0 Å². The van der Waals surface area contributed by atoms with E-state index >= 15 is 0 Å². The monoisotopic (exact) mass is 241 g/mol. The SMILES string of the molecule is OCC1CCCN(CC2CCCCCC2O)C1. The smallest absolute Gasteiger partial charge is 0.0580 e. The topological polar surface area (TPSA) is 43.7 Å². The zero-order valence-corrected chi connectivity index (χ0v) is 10.9. The van der Waals surface area contributed by atoms with E-state index in [1.807, 2.05) is 0 Å². The molecule has 2 fully saturated rings. The largest absolute Gasteiger partial charge is 0.396 e. The molecule has 17 heavy (non-hydrogen) atoms. The Morgan fingerprint density at radius 1 is 1.00 bits per heavy atom. The van der Waals surface area contributed by atoms with Gasteiger partial charge in [0.1, 0.15) is 0 Å². The maximum absolute atomic E-state index is 10.1. The number of likely N-dealkylation sites (tertiary alicyclic amines) is 1. The first-order valence-electron chi connectivity index (χ1n) is 7.31. The molecule has 2 aliphatic rings. The minimum absolute atomic E-state index is 0.0907. The number of hydrogen-bond acceptors (Lipinski definition) is 3. The summed E-state index contributed by atoms with van der Waals surface area (Å²) in [7, 11) is 0. The van der Waals surface area contributed by atoms with E-state index < -0.39 is 0 Å². The van der Waals surface area contributed by atoms with Crippen LogP contribution in [0.4, 0.5) is 0 Å². The van der Waals surface area contributed by atoms with Crippen LogP contribution in [0.5, 0.6) is 0 Å². The van der Waals surface area contributed by atoms with Crippen molar-refractivity contribution in [3.63, 3.8) is 0 Å². The molecule has 0 radical (unpaired) electrons. The highest BCUT2D eigenvalue weighted by molar-refractivity contribution is 4.79. The third-order valence-electron chi connectivity index (χ3n) is 4.47. The molecule has 2 rings (SSSR count). The molecule has 2 N–H and O–H groups in total. The van der Waals surface area contributed by atoms with E-state index in [4.69, 9.17) is 0 Å². The fraction of sp³-hybridized carbons (Fsp3) is 1.00. The van der Waals surface area contributed by atoms with E-state index in [1.165, 1.54) is 38.5 Å². The molecule has 3 unspecified atom stereocenters. The van der Waals surface area contributed by atoms with Crippen molar-refractivity contribution in [1.29, 1.82) is 0 Å². The Kier molecular flexibility index (Phi) is 5.26. The normalized spacial score (nSPS) is 36.7. The Bertz CT molecular complexity index is 222. The van der Waals surface area contributed by atoms with Crippen LogP contribution in [0.15, 0.2) is 0 Å². The summed E-state index contributed by atoms with van der Waals surface area (Å²) in [5.41, 5.74) is 0. The van der Waals surface area contributed by atoms with Crippen LogP contribution in [0, 0.1) is 11.8 Å². The molecule has 3 heteroatoms. The molecule has 1 heterocycles. The molecule has 3 atom stereocenters. The second kappa shape index (κ2) is 6.72. The number of aliphatic hydroxyl groups is 2. The third kappa shape index (κ3) is 3.94. The number of aliphatic hydroxyl groups excluding tert-OH is 2. The van der Waals surface area contributed by atoms with Crippen LogP contribution in [0.3, 0.4) is 0 Å². The predicted molar refractivity (Wildman–Crippen MR) is 68.8 cm³/mol. The number of piperidine rings is 1. The van der Waals surface area contributed by atoms with Gasteiger partial charge < -0.3 is 15.1 Å². The second-order valence-electron chi connectivity index (χ2n) is 5.92. The average Bonchev–Trinajstić information content (AvgIpc) is 2.55. The summed E-state index contributed by atoms with van der Waals surface area (Å²) in [5, 5.41) is 19.4. The van der Waals surface area contributed by atoms with Gasteiger partial charge in [-0.3, -0.25) is 0 Å². The van der Waals surface area contributed by atoms with Gasteiger partial charge in [-0.25, -0.2) is 0 Å². The first-order valence-corrected chi connectivity index (χ1v) is 7.31. The van der Waals surface area contributed by atoms with Crippen molar-refractivity contribution in [3.05, 3.63) is 0 Å². The zero-order valence-electron chi connectivity index (χ0n) is 10.9. The van der Waals surface area contributed by atoms with Crippen LogP contribution in [0.25, 0.3) is 0 Å². The highest BCUT2D eigenvalue weighted by Gasteiger charge is 2.26. The second-order valence-corrected chi connectivity index (χ2v) is 5.92. The Hall–Kier alpha value is -0.120. The molecular formula is C14H27NO2. The molecule has 0 aromatic rings. The van der Waals surface area contributed by atoms with Crippen molar-refractivity contribution in [2.45, 2.75) is 51.0 Å². The van der Waals surface area contributed by atoms with Gasteiger partial charge in [0.2, 0.25) is 0 Å². The van der Waals surface area contributed by atoms with Crippen LogP contribution in [0.1, 0.15) is 44.9 Å². The van der Waals surface area contributed by atoms with Crippen LogP contribution in [-0.2, 0) is 0 Å². The quantitative estimate of drug-likeness (QED) is 0.738. The van der Waals surface area contributed by atoms with Crippen LogP contribution in [-0.4, -0.2) is 47.5 Å². The van der Waals surface area contributed by atoms with Crippen LogP contribution in [0.2, 0.25) is 0 Å². The van der Waals surface area contributed by atoms with Gasteiger partial charge in [-0.2, -0.15) is 0 Å². The molecule has 100 valence electrons. The van der Waals surface area contributed by atoms with E-state index in [-0.39, 0.29) is 6.10 Å². The van der Waals surface area contributed by atoms with E-state index in [0.29, 0.717) is 18.4 Å². The van der Waals surface area contributed by atoms with E-state index in [0.717, 1.165) is 26.1 Å². The highest BCUT2D eigenvalue weighted by atomic mass is 16.3. The van der Waals surface area contributed by atoms with Gasteiger partial charge in [-0.1, -0.05) is 19.3 Å². The summed E-state index contributed by atoms with van der Waals surface area (Å²) in [5.74, 6) is 0.932. The molecule has 0 aromatic heterocycles. The van der Waals surface area contributed by atoms with Gasteiger partial charge in [0.15, 0.2) is 0 Å². The summed E-state index contributed by atoms with van der Waals surface area (Å²) < 4.78 is 0. The minimum Gasteiger partial charge on any atom is -0.396 e. The average molecular weight is 241 g/mol. The van der Waals surface area contributed by atoms with Crippen molar-refractivity contribution < 1.29 is 10.2 Å². The molecule has 0 aromatic carbocycles. The number of rotatable bonds is 3. The van der Waals surface area contributed by atoms with Gasteiger partial charge >= 0.3 is 0 Å². The summed E-state index contributed by atoms with van der Waals surface area (Å²) >= 11 is 0. The van der Waals surface area contributed by atoms with Crippen molar-refractivity contribution in [2.24, 2.45) is 11.8 Å². The first-order chi connectivity index (χ1) is 8.29. The minimum atomic E-state index is -0.0907. The summed E-state index contributed by atoms with van der Waals surface area (Å²) in [6, 6.07) is 0. The molecule has 0 spiro atoms. The Morgan fingerprint density at radius 2 is 1.82 bits per heavy atom. The lowest BCUT2D eigenvalue weighted by Crippen LogP contribution is -2.41. The fourth-order valence-electron chi connectivity index (χ4n) is 3.38. The molecule has 1 aliphatic heterocycles. The van der Waals surface area contributed by atoms with Gasteiger partial charge in [0.05, 0.1) is 6.10 Å². The molecule has 1 saturated heterocycles.